The lowest BCUT2D eigenvalue weighted by Gasteiger charge is -2.26. The standard InChI is InChI=1S/C17H12BrIN2O4/c1-8-3-4-10(5-9(8)2)21-16(23)12(15(22)20-17(21)24)6-11-7-13(18)14(19)25-11/h3-7H,1-2H3,(H,20,22,24)/b12-6+. The molecule has 0 spiro atoms. The number of halogens is 2. The second-order valence-corrected chi connectivity index (χ2v) is 7.33. The van der Waals surface area contributed by atoms with Crippen molar-refractivity contribution in [3.63, 3.8) is 0 Å². The Labute approximate surface area is 165 Å². The molecule has 1 aromatic carbocycles. The van der Waals surface area contributed by atoms with Gasteiger partial charge in [0.15, 0.2) is 3.77 Å². The minimum atomic E-state index is -0.773. The molecule has 1 aliphatic heterocycles. The number of hydrogen-bond donors (Lipinski definition) is 1. The van der Waals surface area contributed by atoms with Gasteiger partial charge in [-0.15, -0.1) is 0 Å². The van der Waals surface area contributed by atoms with Crippen LogP contribution in [0, 0.1) is 17.6 Å². The number of aryl methyl sites for hydroxylation is 2. The van der Waals surface area contributed by atoms with Crippen LogP contribution in [0.25, 0.3) is 6.08 Å². The summed E-state index contributed by atoms with van der Waals surface area (Å²) in [4.78, 5) is 38.0. The number of imide groups is 2. The number of barbiturate groups is 1. The number of carbonyl (C=O) groups is 3. The zero-order chi connectivity index (χ0) is 18.3. The molecule has 0 radical (unpaired) electrons. The molecule has 8 heteroatoms. The first kappa shape index (κ1) is 17.9. The van der Waals surface area contributed by atoms with Crippen LogP contribution in [-0.2, 0) is 9.59 Å². The normalized spacial score (nSPS) is 16.6. The zero-order valence-corrected chi connectivity index (χ0v) is 17.0. The Balaban J connectivity index is 2.03. The molecule has 1 N–H and O–H groups in total. The summed E-state index contributed by atoms with van der Waals surface area (Å²) >= 11 is 5.28. The fraction of sp³-hybridized carbons (Fsp3) is 0.118. The van der Waals surface area contributed by atoms with Crippen molar-refractivity contribution in [2.24, 2.45) is 0 Å². The summed E-state index contributed by atoms with van der Waals surface area (Å²) in [5, 5.41) is 2.19. The van der Waals surface area contributed by atoms with Gasteiger partial charge >= 0.3 is 6.03 Å². The van der Waals surface area contributed by atoms with Gasteiger partial charge in [-0.05, 0) is 65.2 Å². The van der Waals surface area contributed by atoms with Crippen LogP contribution in [0.3, 0.4) is 0 Å². The van der Waals surface area contributed by atoms with Gasteiger partial charge in [0.05, 0.1) is 10.2 Å². The Morgan fingerprint density at radius 3 is 2.48 bits per heavy atom. The number of amides is 4. The lowest BCUT2D eigenvalue weighted by Crippen LogP contribution is -2.54. The fourth-order valence-electron chi connectivity index (χ4n) is 2.33. The van der Waals surface area contributed by atoms with Crippen molar-refractivity contribution < 1.29 is 18.8 Å². The van der Waals surface area contributed by atoms with Gasteiger partial charge in [-0.3, -0.25) is 14.9 Å². The molecule has 2 heterocycles. The van der Waals surface area contributed by atoms with Crippen LogP contribution in [-0.4, -0.2) is 17.8 Å². The Morgan fingerprint density at radius 2 is 1.88 bits per heavy atom. The van der Waals surface area contributed by atoms with Gasteiger partial charge in [-0.2, -0.15) is 0 Å². The number of carbonyl (C=O) groups excluding carboxylic acids is 3. The molecule has 1 aromatic heterocycles. The highest BCUT2D eigenvalue weighted by atomic mass is 127. The van der Waals surface area contributed by atoms with Crippen molar-refractivity contribution in [1.29, 1.82) is 0 Å². The first-order valence-corrected chi connectivity index (χ1v) is 9.08. The van der Waals surface area contributed by atoms with E-state index in [4.69, 9.17) is 4.42 Å². The molecule has 25 heavy (non-hydrogen) atoms. The first-order valence-electron chi connectivity index (χ1n) is 7.21. The third-order valence-electron chi connectivity index (χ3n) is 3.80. The molecule has 0 unspecified atom stereocenters. The van der Waals surface area contributed by atoms with Crippen molar-refractivity contribution in [2.75, 3.05) is 4.90 Å². The summed E-state index contributed by atoms with van der Waals surface area (Å²) in [5.74, 6) is -1.11. The molecule has 0 saturated carbocycles. The minimum absolute atomic E-state index is 0.171. The topological polar surface area (TPSA) is 79.6 Å². The van der Waals surface area contributed by atoms with E-state index in [0.29, 0.717) is 19.7 Å². The molecule has 3 rings (SSSR count). The molecule has 1 aliphatic rings. The van der Waals surface area contributed by atoms with Crippen LogP contribution in [0.2, 0.25) is 0 Å². The van der Waals surface area contributed by atoms with Gasteiger partial charge in [0, 0.05) is 22.6 Å². The van der Waals surface area contributed by atoms with Gasteiger partial charge in [0.2, 0.25) is 0 Å². The summed E-state index contributed by atoms with van der Waals surface area (Å²) in [6, 6.07) is 6.08. The Morgan fingerprint density at radius 1 is 1.16 bits per heavy atom. The average Bonchev–Trinajstić information content (AvgIpc) is 2.85. The molecular formula is C17H12BrIN2O4. The first-order chi connectivity index (χ1) is 11.8. The quantitative estimate of drug-likeness (QED) is 0.374. The highest BCUT2D eigenvalue weighted by Crippen LogP contribution is 2.27. The number of rotatable bonds is 2. The molecule has 1 fully saturated rings. The maximum Gasteiger partial charge on any atom is 0.335 e. The zero-order valence-electron chi connectivity index (χ0n) is 13.2. The van der Waals surface area contributed by atoms with Crippen molar-refractivity contribution in [1.82, 2.24) is 5.32 Å². The van der Waals surface area contributed by atoms with Crippen LogP contribution in [0.4, 0.5) is 10.5 Å². The summed E-state index contributed by atoms with van der Waals surface area (Å²) in [7, 11) is 0. The molecule has 128 valence electrons. The largest absolute Gasteiger partial charge is 0.450 e. The van der Waals surface area contributed by atoms with E-state index in [1.54, 1.807) is 18.2 Å². The van der Waals surface area contributed by atoms with E-state index in [1.165, 1.54) is 6.08 Å². The second kappa shape index (κ2) is 6.75. The third-order valence-corrected chi connectivity index (χ3v) is 5.93. The van der Waals surface area contributed by atoms with Crippen molar-refractivity contribution in [3.8, 4) is 0 Å². The van der Waals surface area contributed by atoms with Crippen LogP contribution in [0.15, 0.2) is 38.7 Å². The average molecular weight is 515 g/mol. The predicted octanol–water partition coefficient (Wildman–Crippen LogP) is 3.93. The van der Waals surface area contributed by atoms with E-state index < -0.39 is 17.8 Å². The van der Waals surface area contributed by atoms with E-state index in [9.17, 15) is 14.4 Å². The van der Waals surface area contributed by atoms with E-state index >= 15 is 0 Å². The summed E-state index contributed by atoms with van der Waals surface area (Å²) < 4.78 is 6.75. The van der Waals surface area contributed by atoms with Gasteiger partial charge in [0.1, 0.15) is 11.3 Å². The molecule has 0 aliphatic carbocycles. The number of urea groups is 1. The van der Waals surface area contributed by atoms with Gasteiger partial charge in [-0.25, -0.2) is 9.69 Å². The summed E-state index contributed by atoms with van der Waals surface area (Å²) in [6.45, 7) is 3.82. The van der Waals surface area contributed by atoms with Crippen molar-refractivity contribution in [3.05, 3.63) is 55.0 Å². The number of furan rings is 1. The minimum Gasteiger partial charge on any atom is -0.450 e. The summed E-state index contributed by atoms with van der Waals surface area (Å²) in [5.41, 5.74) is 2.20. The summed E-state index contributed by atoms with van der Waals surface area (Å²) in [6.07, 6.45) is 1.32. The Bertz CT molecular complexity index is 929. The van der Waals surface area contributed by atoms with Crippen molar-refractivity contribution >= 4 is 68.1 Å². The van der Waals surface area contributed by atoms with E-state index in [2.05, 4.69) is 21.2 Å². The number of anilines is 1. The monoisotopic (exact) mass is 514 g/mol. The van der Waals surface area contributed by atoms with E-state index in [-0.39, 0.29) is 5.57 Å². The Hall–Kier alpha value is -1.94. The molecular weight excluding hydrogens is 503 g/mol. The Kier molecular flexibility index (Phi) is 4.83. The number of benzene rings is 1. The van der Waals surface area contributed by atoms with E-state index in [1.807, 2.05) is 42.5 Å². The van der Waals surface area contributed by atoms with Gasteiger partial charge in [0.25, 0.3) is 11.8 Å². The molecule has 6 nitrogen and oxygen atoms in total. The van der Waals surface area contributed by atoms with Crippen molar-refractivity contribution in [2.45, 2.75) is 13.8 Å². The fourth-order valence-corrected chi connectivity index (χ4v) is 3.05. The van der Waals surface area contributed by atoms with Crippen LogP contribution < -0.4 is 10.2 Å². The molecule has 0 bridgehead atoms. The molecule has 0 atom stereocenters. The number of hydrogen-bond acceptors (Lipinski definition) is 4. The molecule has 2 aromatic rings. The molecule has 4 amide bonds. The maximum atomic E-state index is 12.8. The van der Waals surface area contributed by atoms with Crippen LogP contribution in [0.1, 0.15) is 16.9 Å². The van der Waals surface area contributed by atoms with Gasteiger partial charge in [-0.1, -0.05) is 6.07 Å². The highest BCUT2D eigenvalue weighted by Gasteiger charge is 2.37. The third kappa shape index (κ3) is 3.40. The highest BCUT2D eigenvalue weighted by molar-refractivity contribution is 14.1. The SMILES string of the molecule is Cc1ccc(N2C(=O)NC(=O)/C(=C\c3cc(Br)c(I)o3)C2=O)cc1C. The smallest absolute Gasteiger partial charge is 0.335 e. The number of nitrogens with zero attached hydrogens (tertiary/aromatic N) is 1. The van der Waals surface area contributed by atoms with Gasteiger partial charge < -0.3 is 4.42 Å². The maximum absolute atomic E-state index is 12.8. The van der Waals surface area contributed by atoms with Crippen LogP contribution in [0.5, 0.6) is 0 Å². The predicted molar refractivity (Wildman–Crippen MR) is 104 cm³/mol. The van der Waals surface area contributed by atoms with E-state index in [0.717, 1.165) is 16.0 Å². The number of nitrogens with one attached hydrogen (secondary N) is 1. The second-order valence-electron chi connectivity index (χ2n) is 5.50. The molecule has 1 saturated heterocycles. The lowest BCUT2D eigenvalue weighted by atomic mass is 10.1. The lowest BCUT2D eigenvalue weighted by molar-refractivity contribution is -0.122. The van der Waals surface area contributed by atoms with Crippen LogP contribution >= 0.6 is 38.5 Å².